The minimum atomic E-state index is -0.776. The Morgan fingerprint density at radius 3 is 2.26 bits per heavy atom. The number of carbonyl (C=O) groups excluding carboxylic acids is 3. The number of para-hydroxylation sites is 1. The summed E-state index contributed by atoms with van der Waals surface area (Å²) in [6.07, 6.45) is 1.44. The fourth-order valence-corrected chi connectivity index (χ4v) is 3.26. The van der Waals surface area contributed by atoms with E-state index >= 15 is 0 Å². The first-order valence-corrected chi connectivity index (χ1v) is 9.83. The Bertz CT molecular complexity index is 1170. The van der Waals surface area contributed by atoms with Crippen LogP contribution >= 0.6 is 11.6 Å². The summed E-state index contributed by atoms with van der Waals surface area (Å²) in [7, 11) is 0. The number of carbonyl (C=O) groups is 3. The number of anilines is 1. The van der Waals surface area contributed by atoms with Gasteiger partial charge in [-0.2, -0.15) is 0 Å². The summed E-state index contributed by atoms with van der Waals surface area (Å²) in [4.78, 5) is 38.2. The highest BCUT2D eigenvalue weighted by Gasteiger charge is 2.36. The Kier molecular flexibility index (Phi) is 5.82. The van der Waals surface area contributed by atoms with Crippen LogP contribution in [0.3, 0.4) is 0 Å². The van der Waals surface area contributed by atoms with E-state index in [-0.39, 0.29) is 5.57 Å². The van der Waals surface area contributed by atoms with Crippen LogP contribution in [0.4, 0.5) is 10.5 Å². The van der Waals surface area contributed by atoms with Crippen molar-refractivity contribution in [2.24, 2.45) is 0 Å². The van der Waals surface area contributed by atoms with E-state index in [0.29, 0.717) is 28.6 Å². The maximum atomic E-state index is 12.8. The lowest BCUT2D eigenvalue weighted by atomic mass is 10.1. The van der Waals surface area contributed by atoms with E-state index in [1.165, 1.54) is 6.08 Å². The number of imide groups is 2. The zero-order valence-electron chi connectivity index (χ0n) is 16.2. The molecule has 3 aromatic rings. The Morgan fingerprint density at radius 1 is 0.871 bits per heavy atom. The van der Waals surface area contributed by atoms with Crippen molar-refractivity contribution >= 4 is 41.2 Å². The van der Waals surface area contributed by atoms with Crippen molar-refractivity contribution in [3.05, 3.63) is 101 Å². The maximum absolute atomic E-state index is 12.8. The number of hydrogen-bond acceptors (Lipinski definition) is 4. The Morgan fingerprint density at radius 2 is 1.55 bits per heavy atom. The number of nitrogens with zero attached hydrogens (tertiary/aromatic N) is 1. The average molecular weight is 433 g/mol. The molecular formula is C24H17ClN2O4. The molecule has 7 heteroatoms. The van der Waals surface area contributed by atoms with Crippen LogP contribution in [0.1, 0.15) is 11.1 Å². The molecule has 1 N–H and O–H groups in total. The van der Waals surface area contributed by atoms with E-state index in [2.05, 4.69) is 5.32 Å². The number of halogens is 1. The molecule has 6 nitrogen and oxygen atoms in total. The lowest BCUT2D eigenvalue weighted by Gasteiger charge is -2.26. The molecule has 4 amide bonds. The number of ether oxygens (including phenoxy) is 1. The summed E-state index contributed by atoms with van der Waals surface area (Å²) in [5, 5.41) is 2.83. The topological polar surface area (TPSA) is 75.7 Å². The molecule has 0 atom stereocenters. The molecule has 1 fully saturated rings. The monoisotopic (exact) mass is 432 g/mol. The van der Waals surface area contributed by atoms with Gasteiger partial charge in [-0.05, 0) is 42.0 Å². The van der Waals surface area contributed by atoms with E-state index in [4.69, 9.17) is 16.3 Å². The smallest absolute Gasteiger partial charge is 0.335 e. The van der Waals surface area contributed by atoms with Gasteiger partial charge in [-0.15, -0.1) is 0 Å². The Labute approximate surface area is 183 Å². The van der Waals surface area contributed by atoms with Gasteiger partial charge in [0.1, 0.15) is 17.9 Å². The number of barbiturate groups is 1. The second-order valence-electron chi connectivity index (χ2n) is 6.74. The molecule has 0 saturated carbocycles. The van der Waals surface area contributed by atoms with Crippen LogP contribution in [0.2, 0.25) is 5.02 Å². The molecule has 0 aromatic heterocycles. The fraction of sp³-hybridized carbons (Fsp3) is 0.0417. The molecule has 3 aromatic carbocycles. The van der Waals surface area contributed by atoms with E-state index in [1.807, 2.05) is 18.2 Å². The summed E-state index contributed by atoms with van der Waals surface area (Å²) in [5.41, 5.74) is 1.73. The molecular weight excluding hydrogens is 416 g/mol. The highest BCUT2D eigenvalue weighted by molar-refractivity contribution is 6.39. The van der Waals surface area contributed by atoms with Crippen molar-refractivity contribution in [2.75, 3.05) is 4.90 Å². The molecule has 0 bridgehead atoms. The van der Waals surface area contributed by atoms with E-state index in [9.17, 15) is 14.4 Å². The molecule has 4 rings (SSSR count). The highest BCUT2D eigenvalue weighted by atomic mass is 35.5. The largest absolute Gasteiger partial charge is 0.489 e. The number of hydrogen-bond donors (Lipinski definition) is 1. The normalized spacial score (nSPS) is 15.2. The Hall–Kier alpha value is -3.90. The van der Waals surface area contributed by atoms with Gasteiger partial charge in [0.2, 0.25) is 0 Å². The predicted octanol–water partition coefficient (Wildman–Crippen LogP) is 4.59. The number of amides is 4. The lowest BCUT2D eigenvalue weighted by molar-refractivity contribution is -0.122. The third-order valence-corrected chi connectivity index (χ3v) is 5.03. The second-order valence-corrected chi connectivity index (χ2v) is 7.15. The Balaban J connectivity index is 1.52. The average Bonchev–Trinajstić information content (AvgIpc) is 2.77. The van der Waals surface area contributed by atoms with Crippen molar-refractivity contribution in [3.63, 3.8) is 0 Å². The van der Waals surface area contributed by atoms with Crippen molar-refractivity contribution in [2.45, 2.75) is 6.61 Å². The molecule has 154 valence electrons. The van der Waals surface area contributed by atoms with Gasteiger partial charge >= 0.3 is 6.03 Å². The molecule has 31 heavy (non-hydrogen) atoms. The number of rotatable bonds is 5. The molecule has 0 unspecified atom stereocenters. The first-order valence-electron chi connectivity index (χ1n) is 9.46. The second kappa shape index (κ2) is 8.85. The van der Waals surface area contributed by atoms with Crippen LogP contribution in [-0.2, 0) is 16.2 Å². The van der Waals surface area contributed by atoms with E-state index in [0.717, 1.165) is 10.5 Å². The third kappa shape index (κ3) is 4.49. The first kappa shape index (κ1) is 20.4. The van der Waals surface area contributed by atoms with Crippen LogP contribution in [0.15, 0.2) is 84.4 Å². The van der Waals surface area contributed by atoms with Crippen LogP contribution < -0.4 is 15.0 Å². The van der Waals surface area contributed by atoms with Gasteiger partial charge in [0.25, 0.3) is 11.8 Å². The quantitative estimate of drug-likeness (QED) is 0.472. The van der Waals surface area contributed by atoms with Gasteiger partial charge in [0.05, 0.1) is 5.69 Å². The predicted molar refractivity (Wildman–Crippen MR) is 118 cm³/mol. The van der Waals surface area contributed by atoms with Gasteiger partial charge < -0.3 is 4.74 Å². The molecule has 0 radical (unpaired) electrons. The highest BCUT2D eigenvalue weighted by Crippen LogP contribution is 2.23. The number of benzene rings is 3. The number of nitrogens with one attached hydrogen (secondary N) is 1. The third-order valence-electron chi connectivity index (χ3n) is 4.66. The van der Waals surface area contributed by atoms with Gasteiger partial charge in [0, 0.05) is 10.6 Å². The fourth-order valence-electron chi connectivity index (χ4n) is 3.07. The van der Waals surface area contributed by atoms with Crippen molar-refractivity contribution < 1.29 is 19.1 Å². The summed E-state index contributed by atoms with van der Waals surface area (Å²) in [6, 6.07) is 22.0. The SMILES string of the molecule is O=C1NC(=O)N(c2ccccc2)C(=O)/C1=C/c1ccc(OCc2ccccc2Cl)cc1. The van der Waals surface area contributed by atoms with Crippen LogP contribution in [0, 0.1) is 0 Å². The molecule has 1 saturated heterocycles. The van der Waals surface area contributed by atoms with Gasteiger partial charge in [0.15, 0.2) is 0 Å². The summed E-state index contributed by atoms with van der Waals surface area (Å²) in [5.74, 6) is -0.803. The van der Waals surface area contributed by atoms with E-state index in [1.54, 1.807) is 60.7 Å². The van der Waals surface area contributed by atoms with Crippen LogP contribution in [-0.4, -0.2) is 17.8 Å². The maximum Gasteiger partial charge on any atom is 0.335 e. The zero-order chi connectivity index (χ0) is 21.8. The minimum absolute atomic E-state index is 0.131. The summed E-state index contributed by atoms with van der Waals surface area (Å²) < 4.78 is 5.74. The molecule has 1 heterocycles. The van der Waals surface area contributed by atoms with Crippen molar-refractivity contribution in [1.82, 2.24) is 5.32 Å². The van der Waals surface area contributed by atoms with Gasteiger partial charge in [-0.1, -0.05) is 60.1 Å². The zero-order valence-corrected chi connectivity index (χ0v) is 17.0. The summed E-state index contributed by atoms with van der Waals surface area (Å²) in [6.45, 7) is 0.315. The molecule has 0 aliphatic carbocycles. The molecule has 1 aliphatic rings. The standard InChI is InChI=1S/C24H17ClN2O4/c25-21-9-5-4-6-17(21)15-31-19-12-10-16(11-13-19)14-20-22(28)26-24(30)27(23(20)29)18-7-2-1-3-8-18/h1-14H,15H2,(H,26,28,30)/b20-14+. The van der Waals surface area contributed by atoms with Gasteiger partial charge in [-0.3, -0.25) is 14.9 Å². The van der Waals surface area contributed by atoms with E-state index < -0.39 is 17.8 Å². The van der Waals surface area contributed by atoms with Crippen LogP contribution in [0.25, 0.3) is 6.08 Å². The lowest BCUT2D eigenvalue weighted by Crippen LogP contribution is -2.54. The molecule has 0 spiro atoms. The van der Waals surface area contributed by atoms with Crippen LogP contribution in [0.5, 0.6) is 5.75 Å². The molecule has 1 aliphatic heterocycles. The minimum Gasteiger partial charge on any atom is -0.489 e. The van der Waals surface area contributed by atoms with Gasteiger partial charge in [-0.25, -0.2) is 9.69 Å². The first-order chi connectivity index (χ1) is 15.0. The summed E-state index contributed by atoms with van der Waals surface area (Å²) >= 11 is 6.13. The van der Waals surface area contributed by atoms with Crippen molar-refractivity contribution in [3.8, 4) is 5.75 Å². The number of urea groups is 1. The van der Waals surface area contributed by atoms with Crippen molar-refractivity contribution in [1.29, 1.82) is 0 Å².